The van der Waals surface area contributed by atoms with Crippen molar-refractivity contribution in [2.75, 3.05) is 26.5 Å². The van der Waals surface area contributed by atoms with Crippen LogP contribution in [0.1, 0.15) is 18.4 Å². The van der Waals surface area contributed by atoms with Crippen LogP contribution < -0.4 is 9.47 Å². The molecule has 0 unspecified atom stereocenters. The first kappa shape index (κ1) is 14.1. The van der Waals surface area contributed by atoms with Crippen LogP contribution in [0.25, 0.3) is 0 Å². The second-order valence-corrected chi connectivity index (χ2v) is 6.62. The topological polar surface area (TPSA) is 55.8 Å². The van der Waals surface area contributed by atoms with Crippen LogP contribution in [0, 0.1) is 0 Å². The number of hydrogen-bond acceptors (Lipinski definition) is 4. The van der Waals surface area contributed by atoms with Gasteiger partial charge in [-0.3, -0.25) is 0 Å². The molecule has 19 heavy (non-hydrogen) atoms. The molecule has 5 nitrogen and oxygen atoms in total. The molecule has 0 aromatic heterocycles. The lowest BCUT2D eigenvalue weighted by molar-refractivity contribution is 0.359. The lowest BCUT2D eigenvalue weighted by atomic mass is 10.2. The molecule has 2 rings (SSSR count). The molecule has 1 fully saturated rings. The fraction of sp³-hybridized carbons (Fsp3) is 0.538. The number of ether oxygens (including phenoxy) is 2. The number of nitrogens with zero attached hydrogens (tertiary/aromatic N) is 1. The third-order valence-electron chi connectivity index (χ3n) is 3.29. The van der Waals surface area contributed by atoms with E-state index in [1.54, 1.807) is 20.3 Å². The van der Waals surface area contributed by atoms with Gasteiger partial charge in [0.2, 0.25) is 10.0 Å². The monoisotopic (exact) mass is 285 g/mol. The summed E-state index contributed by atoms with van der Waals surface area (Å²) in [7, 11) is 0.0434. The van der Waals surface area contributed by atoms with Crippen LogP contribution in [0.4, 0.5) is 0 Å². The molecule has 1 aromatic carbocycles. The summed E-state index contributed by atoms with van der Waals surface area (Å²) in [5.41, 5.74) is 0.855. The van der Waals surface area contributed by atoms with Gasteiger partial charge in [-0.2, -0.15) is 4.31 Å². The van der Waals surface area contributed by atoms with E-state index in [4.69, 9.17) is 9.47 Å². The Morgan fingerprint density at radius 3 is 2.63 bits per heavy atom. The third kappa shape index (κ3) is 3.19. The van der Waals surface area contributed by atoms with Crippen LogP contribution in [-0.2, 0) is 16.6 Å². The number of methoxy groups -OCH3 is 2. The van der Waals surface area contributed by atoms with E-state index in [1.807, 2.05) is 12.1 Å². The van der Waals surface area contributed by atoms with Crippen molar-refractivity contribution in [3.05, 3.63) is 23.8 Å². The van der Waals surface area contributed by atoms with Crippen molar-refractivity contribution in [2.45, 2.75) is 19.4 Å². The summed E-state index contributed by atoms with van der Waals surface area (Å²) in [6.45, 7) is 0.938. The Balaban J connectivity index is 2.23. The van der Waals surface area contributed by atoms with Crippen LogP contribution in [0.3, 0.4) is 0 Å². The maximum absolute atomic E-state index is 12.0. The van der Waals surface area contributed by atoms with Crippen molar-refractivity contribution in [3.8, 4) is 11.5 Å². The molecule has 0 amide bonds. The van der Waals surface area contributed by atoms with E-state index in [1.165, 1.54) is 4.31 Å². The van der Waals surface area contributed by atoms with Gasteiger partial charge in [-0.05, 0) is 18.9 Å². The summed E-state index contributed by atoms with van der Waals surface area (Å²) in [4.78, 5) is 0. The van der Waals surface area contributed by atoms with Crippen molar-refractivity contribution in [1.82, 2.24) is 4.31 Å². The first-order chi connectivity index (χ1) is 9.06. The summed E-state index contributed by atoms with van der Waals surface area (Å²) in [5.74, 6) is 1.59. The molecule has 0 spiro atoms. The highest BCUT2D eigenvalue weighted by Gasteiger charge is 2.26. The van der Waals surface area contributed by atoms with Gasteiger partial charge in [0.05, 0.1) is 20.0 Å². The maximum Gasteiger partial charge on any atom is 0.214 e. The number of rotatable bonds is 4. The van der Waals surface area contributed by atoms with Crippen molar-refractivity contribution in [2.24, 2.45) is 0 Å². The molecular formula is C13H19NO4S. The summed E-state index contributed by atoms with van der Waals surface area (Å²) in [6.07, 6.45) is 1.66. The molecule has 106 valence electrons. The predicted octanol–water partition coefficient (Wildman–Crippen LogP) is 1.63. The highest BCUT2D eigenvalue weighted by atomic mass is 32.2. The summed E-state index contributed by atoms with van der Waals surface area (Å²) in [6, 6.07) is 5.43. The van der Waals surface area contributed by atoms with Crippen LogP contribution >= 0.6 is 0 Å². The predicted molar refractivity (Wildman–Crippen MR) is 73.0 cm³/mol. The van der Waals surface area contributed by atoms with Crippen molar-refractivity contribution >= 4 is 10.0 Å². The quantitative estimate of drug-likeness (QED) is 0.843. The smallest absolute Gasteiger partial charge is 0.214 e. The van der Waals surface area contributed by atoms with Crippen LogP contribution in [0.2, 0.25) is 0 Å². The van der Waals surface area contributed by atoms with E-state index in [2.05, 4.69) is 0 Å². The van der Waals surface area contributed by atoms with Crippen LogP contribution in [0.5, 0.6) is 11.5 Å². The highest BCUT2D eigenvalue weighted by Crippen LogP contribution is 2.27. The van der Waals surface area contributed by atoms with Gasteiger partial charge in [0.1, 0.15) is 11.5 Å². The van der Waals surface area contributed by atoms with Gasteiger partial charge < -0.3 is 9.47 Å². The molecule has 1 heterocycles. The zero-order chi connectivity index (χ0) is 13.9. The zero-order valence-electron chi connectivity index (χ0n) is 11.3. The lowest BCUT2D eigenvalue weighted by Crippen LogP contribution is -2.37. The van der Waals surface area contributed by atoms with Gasteiger partial charge in [-0.25, -0.2) is 8.42 Å². The molecule has 0 bridgehead atoms. The molecule has 0 aliphatic carbocycles. The minimum absolute atomic E-state index is 0.242. The van der Waals surface area contributed by atoms with E-state index in [-0.39, 0.29) is 5.75 Å². The highest BCUT2D eigenvalue weighted by molar-refractivity contribution is 7.89. The Bertz CT molecular complexity index is 542. The Morgan fingerprint density at radius 2 is 2.00 bits per heavy atom. The molecular weight excluding hydrogens is 266 g/mol. The summed E-state index contributed by atoms with van der Waals surface area (Å²) >= 11 is 0. The average Bonchev–Trinajstić information content (AvgIpc) is 2.41. The molecule has 0 N–H and O–H groups in total. The fourth-order valence-electron chi connectivity index (χ4n) is 2.19. The minimum Gasteiger partial charge on any atom is -0.497 e. The molecule has 1 aromatic rings. The maximum atomic E-state index is 12.0. The largest absolute Gasteiger partial charge is 0.497 e. The number of hydrogen-bond donors (Lipinski definition) is 0. The fourth-order valence-corrected chi connectivity index (χ4v) is 3.76. The molecule has 1 aliphatic heterocycles. The van der Waals surface area contributed by atoms with E-state index >= 15 is 0 Å². The van der Waals surface area contributed by atoms with Crippen molar-refractivity contribution in [3.63, 3.8) is 0 Å². The van der Waals surface area contributed by atoms with E-state index in [9.17, 15) is 8.42 Å². The molecule has 1 saturated heterocycles. The van der Waals surface area contributed by atoms with E-state index < -0.39 is 10.0 Å². The Morgan fingerprint density at radius 1 is 1.21 bits per heavy atom. The normalized spacial score (nSPS) is 19.1. The summed E-state index contributed by atoms with van der Waals surface area (Å²) in [5, 5.41) is 0. The standard InChI is InChI=1S/C13H19NO4S/c1-17-12-6-5-11(13(9-12)18-2)10-14-7-3-4-8-19(14,15)16/h5-6,9H,3-4,7-8,10H2,1-2H3. The molecule has 0 saturated carbocycles. The van der Waals surface area contributed by atoms with Crippen LogP contribution in [-0.4, -0.2) is 39.2 Å². The van der Waals surface area contributed by atoms with Gasteiger partial charge in [0, 0.05) is 24.7 Å². The minimum atomic E-state index is -3.12. The first-order valence-electron chi connectivity index (χ1n) is 6.25. The molecule has 0 atom stereocenters. The van der Waals surface area contributed by atoms with Crippen LogP contribution in [0.15, 0.2) is 18.2 Å². The first-order valence-corrected chi connectivity index (χ1v) is 7.86. The molecule has 1 aliphatic rings. The van der Waals surface area contributed by atoms with E-state index in [0.717, 1.165) is 18.4 Å². The zero-order valence-corrected chi connectivity index (χ0v) is 12.1. The number of sulfonamides is 1. The Kier molecular flexibility index (Phi) is 4.31. The van der Waals surface area contributed by atoms with Crippen molar-refractivity contribution < 1.29 is 17.9 Å². The molecule has 0 radical (unpaired) electrons. The van der Waals surface area contributed by atoms with Gasteiger partial charge in [-0.1, -0.05) is 6.07 Å². The van der Waals surface area contributed by atoms with Gasteiger partial charge in [0.25, 0.3) is 0 Å². The van der Waals surface area contributed by atoms with Gasteiger partial charge in [0.15, 0.2) is 0 Å². The van der Waals surface area contributed by atoms with Gasteiger partial charge in [-0.15, -0.1) is 0 Å². The Hall–Kier alpha value is -1.27. The van der Waals surface area contributed by atoms with Gasteiger partial charge >= 0.3 is 0 Å². The third-order valence-corrected chi connectivity index (χ3v) is 5.20. The molecule has 6 heteroatoms. The number of benzene rings is 1. The van der Waals surface area contributed by atoms with E-state index in [0.29, 0.717) is 24.6 Å². The second kappa shape index (κ2) is 5.79. The lowest BCUT2D eigenvalue weighted by Gasteiger charge is -2.26. The average molecular weight is 285 g/mol. The van der Waals surface area contributed by atoms with Crippen molar-refractivity contribution in [1.29, 1.82) is 0 Å². The second-order valence-electron chi connectivity index (χ2n) is 4.53. The summed E-state index contributed by atoms with van der Waals surface area (Å²) < 4.78 is 35.9. The Labute approximate surface area is 114 Å². The SMILES string of the molecule is COc1ccc(CN2CCCCS2(=O)=O)c(OC)c1.